The number of nitrogens with zero attached hydrogens (tertiary/aromatic N) is 3. The first kappa shape index (κ1) is 19.3. The van der Waals surface area contributed by atoms with Crippen molar-refractivity contribution in [3.05, 3.63) is 59.1 Å². The number of nitrogens with two attached hydrogens (primary N) is 1. The highest BCUT2D eigenvalue weighted by Crippen LogP contribution is 2.26. The number of nitrogens with one attached hydrogen (secondary N) is 1. The molecular weight excluding hydrogens is 382 g/mol. The second-order valence-corrected chi connectivity index (χ2v) is 7.73. The molecule has 8 heteroatoms. The van der Waals surface area contributed by atoms with Gasteiger partial charge in [0.1, 0.15) is 0 Å². The van der Waals surface area contributed by atoms with Crippen molar-refractivity contribution in [3.8, 4) is 11.4 Å². The molecule has 2 aromatic carbocycles. The van der Waals surface area contributed by atoms with Gasteiger partial charge in [-0.3, -0.25) is 4.79 Å². The maximum Gasteiger partial charge on any atom is 0.237 e. The average molecular weight is 402 g/mol. The number of aromatic nitrogens is 3. The van der Waals surface area contributed by atoms with Crippen LogP contribution in [0.1, 0.15) is 19.4 Å². The van der Waals surface area contributed by atoms with Gasteiger partial charge in [-0.2, -0.15) is 0 Å². The molecule has 0 aliphatic heterocycles. The summed E-state index contributed by atoms with van der Waals surface area (Å²) in [4.78, 5) is 12.5. The number of carbonyl (C=O) groups excluding carboxylic acids is 1. The predicted molar refractivity (Wildman–Crippen MR) is 110 cm³/mol. The number of thioether (sulfide) groups is 1. The third-order valence-electron chi connectivity index (χ3n) is 4.03. The molecule has 27 heavy (non-hydrogen) atoms. The van der Waals surface area contributed by atoms with E-state index in [2.05, 4.69) is 22.4 Å². The molecule has 3 N–H and O–H groups in total. The van der Waals surface area contributed by atoms with E-state index in [0.717, 1.165) is 17.7 Å². The number of anilines is 1. The van der Waals surface area contributed by atoms with Crippen molar-refractivity contribution in [2.75, 3.05) is 11.2 Å². The van der Waals surface area contributed by atoms with E-state index in [1.807, 2.05) is 36.4 Å². The molecule has 3 aromatic rings. The Balaban J connectivity index is 1.68. The number of aryl methyl sites for hydroxylation is 1. The smallest absolute Gasteiger partial charge is 0.237 e. The highest BCUT2D eigenvalue weighted by Gasteiger charge is 2.20. The summed E-state index contributed by atoms with van der Waals surface area (Å²) < 4.78 is 1.37. The summed E-state index contributed by atoms with van der Waals surface area (Å²) in [7, 11) is 0. The van der Waals surface area contributed by atoms with Crippen LogP contribution in [0, 0.1) is 0 Å². The largest absolute Gasteiger partial charge is 0.335 e. The third kappa shape index (κ3) is 4.61. The molecule has 0 unspecified atom stereocenters. The molecule has 0 saturated carbocycles. The minimum Gasteiger partial charge on any atom is -0.335 e. The molecule has 0 bridgehead atoms. The van der Waals surface area contributed by atoms with Gasteiger partial charge in [0.15, 0.2) is 5.82 Å². The molecule has 1 amide bonds. The number of halogens is 1. The second kappa shape index (κ2) is 8.45. The van der Waals surface area contributed by atoms with E-state index in [9.17, 15) is 4.79 Å². The molecular formula is C19H20ClN5OS. The highest BCUT2D eigenvalue weighted by atomic mass is 35.5. The van der Waals surface area contributed by atoms with Gasteiger partial charge in [-0.25, -0.2) is 4.68 Å². The van der Waals surface area contributed by atoms with Crippen LogP contribution in [0.4, 0.5) is 5.69 Å². The Morgan fingerprint density at radius 3 is 2.67 bits per heavy atom. The molecule has 0 aliphatic carbocycles. The van der Waals surface area contributed by atoms with Crippen LogP contribution in [-0.4, -0.2) is 26.0 Å². The topological polar surface area (TPSA) is 85.8 Å². The van der Waals surface area contributed by atoms with Gasteiger partial charge in [-0.1, -0.05) is 54.6 Å². The van der Waals surface area contributed by atoms with E-state index in [0.29, 0.717) is 16.0 Å². The van der Waals surface area contributed by atoms with Gasteiger partial charge in [0, 0.05) is 16.3 Å². The third-order valence-corrected chi connectivity index (χ3v) is 5.32. The number of benzene rings is 2. The van der Waals surface area contributed by atoms with Gasteiger partial charge in [0.25, 0.3) is 0 Å². The molecule has 1 heterocycles. The SMILES string of the molecule is CCc1ccc(NC(=O)[C@@H](C)Sc2nnc(-c3cccc(Cl)c3)n2N)cc1. The van der Waals surface area contributed by atoms with E-state index in [1.165, 1.54) is 22.0 Å². The molecule has 1 aromatic heterocycles. The molecule has 1 atom stereocenters. The van der Waals surface area contributed by atoms with E-state index < -0.39 is 5.25 Å². The van der Waals surface area contributed by atoms with Gasteiger partial charge >= 0.3 is 0 Å². The molecule has 0 fully saturated rings. The lowest BCUT2D eigenvalue weighted by Gasteiger charge is -2.12. The van der Waals surface area contributed by atoms with E-state index >= 15 is 0 Å². The molecule has 6 nitrogen and oxygen atoms in total. The summed E-state index contributed by atoms with van der Waals surface area (Å²) >= 11 is 7.26. The van der Waals surface area contributed by atoms with Gasteiger partial charge in [-0.15, -0.1) is 10.2 Å². The first-order valence-electron chi connectivity index (χ1n) is 8.50. The van der Waals surface area contributed by atoms with Gasteiger partial charge in [0.05, 0.1) is 5.25 Å². The number of carbonyl (C=O) groups is 1. The molecule has 3 rings (SSSR count). The Morgan fingerprint density at radius 2 is 2.00 bits per heavy atom. The van der Waals surface area contributed by atoms with Crippen LogP contribution >= 0.6 is 23.4 Å². The van der Waals surface area contributed by atoms with Crippen molar-refractivity contribution < 1.29 is 4.79 Å². The summed E-state index contributed by atoms with van der Waals surface area (Å²) in [6, 6.07) is 15.0. The Hall–Kier alpha value is -2.51. The Morgan fingerprint density at radius 1 is 1.26 bits per heavy atom. The van der Waals surface area contributed by atoms with Crippen LogP contribution < -0.4 is 11.2 Å². The van der Waals surface area contributed by atoms with Crippen LogP contribution in [0.5, 0.6) is 0 Å². The minimum atomic E-state index is -0.394. The predicted octanol–water partition coefficient (Wildman–Crippen LogP) is 3.99. The lowest BCUT2D eigenvalue weighted by Crippen LogP contribution is -2.23. The molecule has 0 aliphatic rings. The quantitative estimate of drug-likeness (QED) is 0.481. The van der Waals surface area contributed by atoms with E-state index in [1.54, 1.807) is 19.1 Å². The highest BCUT2D eigenvalue weighted by molar-refractivity contribution is 8.00. The van der Waals surface area contributed by atoms with Gasteiger partial charge in [0.2, 0.25) is 11.1 Å². The first-order valence-corrected chi connectivity index (χ1v) is 9.76. The summed E-state index contributed by atoms with van der Waals surface area (Å²) in [5, 5.41) is 11.8. The molecule has 0 radical (unpaired) electrons. The molecule has 0 spiro atoms. The van der Waals surface area contributed by atoms with Crippen LogP contribution in [0.3, 0.4) is 0 Å². The fraction of sp³-hybridized carbons (Fsp3) is 0.211. The average Bonchev–Trinajstić information content (AvgIpc) is 3.02. The van der Waals surface area contributed by atoms with Crippen molar-refractivity contribution in [3.63, 3.8) is 0 Å². The zero-order chi connectivity index (χ0) is 19.4. The summed E-state index contributed by atoms with van der Waals surface area (Å²) in [5.74, 6) is 6.47. The summed E-state index contributed by atoms with van der Waals surface area (Å²) in [5.41, 5.74) is 2.75. The standard InChI is InChI=1S/C19H20ClN5OS/c1-3-13-7-9-16(10-8-13)22-18(26)12(2)27-19-24-23-17(25(19)21)14-5-4-6-15(20)11-14/h4-12H,3,21H2,1-2H3,(H,22,26)/t12-/m1/s1. The monoisotopic (exact) mass is 401 g/mol. The Bertz CT molecular complexity index is 942. The van der Waals surface area contributed by atoms with E-state index in [-0.39, 0.29) is 5.91 Å². The molecule has 140 valence electrons. The number of rotatable bonds is 6. The first-order chi connectivity index (χ1) is 13.0. The number of amides is 1. The summed E-state index contributed by atoms with van der Waals surface area (Å²) in [6.07, 6.45) is 0.960. The maximum absolute atomic E-state index is 12.5. The zero-order valence-corrected chi connectivity index (χ0v) is 16.6. The van der Waals surface area contributed by atoms with Crippen LogP contribution in [0.2, 0.25) is 5.02 Å². The van der Waals surface area contributed by atoms with Crippen molar-refractivity contribution in [1.82, 2.24) is 14.9 Å². The van der Waals surface area contributed by atoms with Crippen LogP contribution in [0.25, 0.3) is 11.4 Å². The van der Waals surface area contributed by atoms with Gasteiger partial charge < -0.3 is 11.2 Å². The van der Waals surface area contributed by atoms with Crippen LogP contribution in [-0.2, 0) is 11.2 Å². The fourth-order valence-corrected chi connectivity index (χ4v) is 3.42. The fourth-order valence-electron chi connectivity index (χ4n) is 2.46. The van der Waals surface area contributed by atoms with E-state index in [4.69, 9.17) is 17.4 Å². The summed E-state index contributed by atoms with van der Waals surface area (Å²) in [6.45, 7) is 3.89. The normalized spacial score (nSPS) is 12.0. The van der Waals surface area contributed by atoms with Crippen molar-refractivity contribution >= 4 is 35.0 Å². The minimum absolute atomic E-state index is 0.128. The zero-order valence-electron chi connectivity index (χ0n) is 15.0. The van der Waals surface area contributed by atoms with Crippen molar-refractivity contribution in [1.29, 1.82) is 0 Å². The lowest BCUT2D eigenvalue weighted by molar-refractivity contribution is -0.115. The lowest BCUT2D eigenvalue weighted by atomic mass is 10.1. The maximum atomic E-state index is 12.5. The number of hydrogen-bond donors (Lipinski definition) is 2. The van der Waals surface area contributed by atoms with Gasteiger partial charge in [-0.05, 0) is 43.2 Å². The number of nitrogen functional groups attached to an aromatic ring is 1. The number of hydrogen-bond acceptors (Lipinski definition) is 5. The Kier molecular flexibility index (Phi) is 6.03. The Labute approximate surface area is 167 Å². The second-order valence-electron chi connectivity index (χ2n) is 5.99. The van der Waals surface area contributed by atoms with Crippen molar-refractivity contribution in [2.45, 2.75) is 30.7 Å². The van der Waals surface area contributed by atoms with Crippen molar-refractivity contribution in [2.24, 2.45) is 0 Å². The molecule has 0 saturated heterocycles. The van der Waals surface area contributed by atoms with Crippen LogP contribution in [0.15, 0.2) is 53.7 Å².